The lowest BCUT2D eigenvalue weighted by Gasteiger charge is -2.44. The molecular formula is C35H36ClN3O2. The van der Waals surface area contributed by atoms with E-state index in [1.165, 1.54) is 0 Å². The first kappa shape index (κ1) is 28.5. The highest BCUT2D eigenvalue weighted by atomic mass is 35.5. The van der Waals surface area contributed by atoms with Gasteiger partial charge >= 0.3 is 0 Å². The minimum absolute atomic E-state index is 0.0631. The van der Waals surface area contributed by atoms with Crippen molar-refractivity contribution in [1.82, 2.24) is 0 Å². The second-order valence-electron chi connectivity index (χ2n) is 12.1. The number of ether oxygens (including phenoxy) is 1. The van der Waals surface area contributed by atoms with Crippen LogP contribution in [-0.2, 0) is 11.4 Å². The average molecular weight is 566 g/mol. The molecule has 0 amide bonds. The number of nitriles is 1. The molecule has 1 aliphatic carbocycles. The number of Topliss-reactive ketones (excluding diaryl/α,β-unsaturated/α-hetero) is 1. The number of halogens is 1. The fraction of sp³-hybridized carbons (Fsp3) is 0.314. The molecule has 2 N–H and O–H groups in total. The number of hydrogen-bond donors (Lipinski definition) is 1. The van der Waals surface area contributed by atoms with E-state index in [0.717, 1.165) is 50.5 Å². The third-order valence-electron chi connectivity index (χ3n) is 8.23. The molecule has 0 spiro atoms. The third-order valence-corrected chi connectivity index (χ3v) is 8.46. The molecule has 1 atom stereocenters. The Morgan fingerprint density at radius 1 is 1.00 bits per heavy atom. The number of hydrogen-bond acceptors (Lipinski definition) is 5. The van der Waals surface area contributed by atoms with E-state index in [-0.39, 0.29) is 11.2 Å². The largest absolute Gasteiger partial charge is 0.489 e. The molecule has 1 heterocycles. The summed E-state index contributed by atoms with van der Waals surface area (Å²) < 4.78 is 6.21. The first-order valence-electron chi connectivity index (χ1n) is 13.9. The molecular weight excluding hydrogens is 530 g/mol. The Labute approximate surface area is 247 Å². The lowest BCUT2D eigenvalue weighted by Crippen LogP contribution is -2.42. The molecule has 1 aliphatic heterocycles. The highest BCUT2D eigenvalue weighted by molar-refractivity contribution is 6.30. The summed E-state index contributed by atoms with van der Waals surface area (Å²) in [4.78, 5) is 15.9. The van der Waals surface area contributed by atoms with E-state index < -0.39 is 5.92 Å². The van der Waals surface area contributed by atoms with E-state index in [1.54, 1.807) is 0 Å². The number of rotatable bonds is 5. The third kappa shape index (κ3) is 5.37. The van der Waals surface area contributed by atoms with Crippen molar-refractivity contribution in [2.75, 3.05) is 4.90 Å². The van der Waals surface area contributed by atoms with Gasteiger partial charge in [0, 0.05) is 28.4 Å². The molecule has 210 valence electrons. The summed E-state index contributed by atoms with van der Waals surface area (Å²) in [5.74, 6) is 0.657. The molecule has 0 saturated carbocycles. The van der Waals surface area contributed by atoms with Crippen LogP contribution < -0.4 is 15.4 Å². The van der Waals surface area contributed by atoms with Crippen LogP contribution in [0.1, 0.15) is 66.0 Å². The summed E-state index contributed by atoms with van der Waals surface area (Å²) in [7, 11) is 0. The van der Waals surface area contributed by atoms with Crippen molar-refractivity contribution < 1.29 is 9.53 Å². The van der Waals surface area contributed by atoms with Gasteiger partial charge in [-0.2, -0.15) is 5.26 Å². The van der Waals surface area contributed by atoms with Crippen molar-refractivity contribution in [2.24, 2.45) is 11.1 Å². The van der Waals surface area contributed by atoms with E-state index >= 15 is 0 Å². The van der Waals surface area contributed by atoms with Crippen molar-refractivity contribution in [3.8, 4) is 11.8 Å². The van der Waals surface area contributed by atoms with Crippen LogP contribution >= 0.6 is 11.6 Å². The zero-order valence-corrected chi connectivity index (χ0v) is 25.3. The predicted molar refractivity (Wildman–Crippen MR) is 165 cm³/mol. The smallest absolute Gasteiger partial charge is 0.162 e. The first-order valence-corrected chi connectivity index (χ1v) is 14.3. The Bertz CT molecular complexity index is 1660. The SMILES string of the molecule is Cc1ccc(N2C(N)=C(C#N)C(c3cc(COc4ccc(Cl)cc4C)c(C)cc3C)C3=C2CC(C)(C)CC3=O)cc1. The summed E-state index contributed by atoms with van der Waals surface area (Å²) in [5, 5.41) is 11.2. The van der Waals surface area contributed by atoms with Crippen molar-refractivity contribution in [2.45, 2.75) is 66.9 Å². The number of carbonyl (C=O) groups is 1. The van der Waals surface area contributed by atoms with Crippen molar-refractivity contribution in [3.63, 3.8) is 0 Å². The Morgan fingerprint density at radius 2 is 1.71 bits per heavy atom. The normalized spacial score (nSPS) is 18.3. The highest BCUT2D eigenvalue weighted by Crippen LogP contribution is 2.51. The number of allylic oxidation sites excluding steroid dienone is 3. The summed E-state index contributed by atoms with van der Waals surface area (Å²) in [5.41, 5.74) is 15.5. The van der Waals surface area contributed by atoms with Crippen LogP contribution in [0.2, 0.25) is 5.02 Å². The maximum absolute atomic E-state index is 14.0. The molecule has 0 aromatic heterocycles. The summed E-state index contributed by atoms with van der Waals surface area (Å²) in [6.45, 7) is 12.7. The van der Waals surface area contributed by atoms with Crippen LogP contribution in [0.25, 0.3) is 0 Å². The number of benzene rings is 3. The van der Waals surface area contributed by atoms with Crippen molar-refractivity contribution in [1.29, 1.82) is 5.26 Å². The van der Waals surface area contributed by atoms with E-state index in [4.69, 9.17) is 22.1 Å². The number of nitrogens with zero attached hydrogens (tertiary/aromatic N) is 2. The fourth-order valence-corrected chi connectivity index (χ4v) is 6.35. The first-order chi connectivity index (χ1) is 19.4. The molecule has 5 nitrogen and oxygen atoms in total. The molecule has 41 heavy (non-hydrogen) atoms. The molecule has 0 fully saturated rings. The van der Waals surface area contributed by atoms with E-state index in [1.807, 2.05) is 68.1 Å². The van der Waals surface area contributed by atoms with Crippen LogP contribution in [0.15, 0.2) is 77.3 Å². The molecule has 2 aliphatic rings. The number of carbonyl (C=O) groups excluding carboxylic acids is 1. The lowest BCUT2D eigenvalue weighted by molar-refractivity contribution is -0.118. The van der Waals surface area contributed by atoms with Crippen molar-refractivity contribution >= 4 is 23.1 Å². The monoisotopic (exact) mass is 565 g/mol. The highest BCUT2D eigenvalue weighted by Gasteiger charge is 2.45. The van der Waals surface area contributed by atoms with Gasteiger partial charge in [0.25, 0.3) is 0 Å². The topological polar surface area (TPSA) is 79.3 Å². The number of aryl methyl sites for hydroxylation is 4. The van der Waals surface area contributed by atoms with Crippen LogP contribution in [0.3, 0.4) is 0 Å². The molecule has 0 radical (unpaired) electrons. The van der Waals surface area contributed by atoms with Crippen LogP contribution in [-0.4, -0.2) is 5.78 Å². The zero-order chi connectivity index (χ0) is 29.6. The predicted octanol–water partition coefficient (Wildman–Crippen LogP) is 8.09. The van der Waals surface area contributed by atoms with Gasteiger partial charge in [0.05, 0.1) is 17.6 Å². The molecule has 6 heteroatoms. The van der Waals surface area contributed by atoms with E-state index in [0.29, 0.717) is 41.4 Å². The Hall–Kier alpha value is -4.01. The summed E-state index contributed by atoms with van der Waals surface area (Å²) in [6, 6.07) is 20.2. The van der Waals surface area contributed by atoms with Gasteiger partial charge in [-0.1, -0.05) is 55.3 Å². The maximum atomic E-state index is 14.0. The maximum Gasteiger partial charge on any atom is 0.162 e. The zero-order valence-electron chi connectivity index (χ0n) is 24.6. The van der Waals surface area contributed by atoms with Gasteiger partial charge < -0.3 is 10.5 Å². The van der Waals surface area contributed by atoms with Crippen LogP contribution in [0.4, 0.5) is 5.69 Å². The second kappa shape index (κ2) is 10.8. The summed E-state index contributed by atoms with van der Waals surface area (Å²) in [6.07, 6.45) is 1.09. The number of ketones is 1. The minimum Gasteiger partial charge on any atom is -0.489 e. The summed E-state index contributed by atoms with van der Waals surface area (Å²) >= 11 is 6.13. The number of nitrogens with two attached hydrogens (primary N) is 1. The Kier molecular flexibility index (Phi) is 7.48. The van der Waals surface area contributed by atoms with Gasteiger partial charge in [-0.3, -0.25) is 9.69 Å². The lowest BCUT2D eigenvalue weighted by atomic mass is 9.68. The number of anilines is 1. The van der Waals surface area contributed by atoms with E-state index in [2.05, 4.69) is 39.0 Å². The van der Waals surface area contributed by atoms with Crippen LogP contribution in [0, 0.1) is 44.4 Å². The van der Waals surface area contributed by atoms with Gasteiger partial charge in [0.15, 0.2) is 5.78 Å². The van der Waals surface area contributed by atoms with E-state index in [9.17, 15) is 10.1 Å². The standard InChI is InChI=1S/C35H36ClN3O2/c1-20-7-10-26(11-8-20)39-29-16-35(5,6)17-30(40)33(29)32(28(18-37)34(39)38)27-15-24(21(2)13-22(27)3)19-41-31-12-9-25(36)14-23(31)4/h7-15,32H,16-17,19,38H2,1-6H3. The molecule has 0 saturated heterocycles. The molecule has 3 aromatic carbocycles. The second-order valence-corrected chi connectivity index (χ2v) is 12.6. The molecule has 3 aromatic rings. The minimum atomic E-state index is -0.545. The van der Waals surface area contributed by atoms with Gasteiger partial charge in [0.2, 0.25) is 0 Å². The quantitative estimate of drug-likeness (QED) is 0.338. The van der Waals surface area contributed by atoms with Crippen molar-refractivity contribution in [3.05, 3.63) is 116 Å². The Balaban J connectivity index is 1.65. The fourth-order valence-electron chi connectivity index (χ4n) is 6.12. The Morgan fingerprint density at radius 3 is 2.37 bits per heavy atom. The van der Waals surface area contributed by atoms with Gasteiger partial charge in [-0.25, -0.2) is 0 Å². The van der Waals surface area contributed by atoms with Crippen LogP contribution in [0.5, 0.6) is 5.75 Å². The van der Waals surface area contributed by atoms with Gasteiger partial charge in [-0.15, -0.1) is 0 Å². The van der Waals surface area contributed by atoms with Gasteiger partial charge in [-0.05, 0) is 97.7 Å². The molecule has 0 bridgehead atoms. The molecule has 5 rings (SSSR count). The average Bonchev–Trinajstić information content (AvgIpc) is 2.89. The molecule has 1 unspecified atom stereocenters. The van der Waals surface area contributed by atoms with Gasteiger partial charge in [0.1, 0.15) is 18.2 Å².